The predicted molar refractivity (Wildman–Crippen MR) is 77.5 cm³/mol. The zero-order chi connectivity index (χ0) is 14.9. The van der Waals surface area contributed by atoms with Crippen LogP contribution in [-0.2, 0) is 0 Å². The number of amides is 1. The van der Waals surface area contributed by atoms with Crippen LogP contribution in [0.5, 0.6) is 0 Å². The molecular weight excluding hydrogens is 303 g/mol. The number of rotatable bonds is 3. The molecule has 2 rings (SSSR count). The molecule has 1 aromatic rings. The minimum Gasteiger partial charge on any atom is -0.347 e. The number of carbonyl (C=O) groups excluding carboxylic acids is 1. The van der Waals surface area contributed by atoms with Crippen LogP contribution in [0.1, 0.15) is 43.0 Å². The van der Waals surface area contributed by atoms with Crippen molar-refractivity contribution >= 4 is 34.8 Å². The van der Waals surface area contributed by atoms with E-state index in [2.05, 4.69) is 5.32 Å². The number of nitrogens with zero attached hydrogens (tertiary/aromatic N) is 1. The van der Waals surface area contributed by atoms with Gasteiger partial charge in [0.1, 0.15) is 0 Å². The average Bonchev–Trinajstić information content (AvgIpc) is 2.78. The summed E-state index contributed by atoms with van der Waals surface area (Å²) in [6.45, 7) is 1.96. The zero-order valence-corrected chi connectivity index (χ0v) is 12.4. The molecule has 1 aliphatic carbocycles. The van der Waals surface area contributed by atoms with Gasteiger partial charge in [-0.2, -0.15) is 0 Å². The van der Waals surface area contributed by atoms with Crippen molar-refractivity contribution in [2.45, 2.75) is 38.1 Å². The van der Waals surface area contributed by atoms with Gasteiger partial charge in [0.05, 0.1) is 20.5 Å². The van der Waals surface area contributed by atoms with Crippen molar-refractivity contribution in [1.29, 1.82) is 0 Å². The highest BCUT2D eigenvalue weighted by molar-refractivity contribution is 6.44. The second kappa shape index (κ2) is 5.58. The Hall–Kier alpha value is -1.33. The summed E-state index contributed by atoms with van der Waals surface area (Å²) in [4.78, 5) is 22.5. The second-order valence-corrected chi connectivity index (χ2v) is 6.05. The Kier molecular flexibility index (Phi) is 4.20. The van der Waals surface area contributed by atoms with E-state index in [4.69, 9.17) is 23.2 Å². The summed E-state index contributed by atoms with van der Waals surface area (Å²) in [5.41, 5.74) is -0.488. The molecule has 0 atom stereocenters. The summed E-state index contributed by atoms with van der Waals surface area (Å²) in [5, 5.41) is 13.8. The topological polar surface area (TPSA) is 72.2 Å². The first-order chi connectivity index (χ1) is 9.32. The molecule has 1 amide bonds. The van der Waals surface area contributed by atoms with E-state index in [1.165, 1.54) is 0 Å². The molecular formula is C13H14Cl2N2O3. The Labute approximate surface area is 126 Å². The molecule has 0 aliphatic heterocycles. The van der Waals surface area contributed by atoms with Crippen molar-refractivity contribution < 1.29 is 9.72 Å². The quantitative estimate of drug-likeness (QED) is 0.677. The van der Waals surface area contributed by atoms with Crippen LogP contribution in [-0.4, -0.2) is 16.4 Å². The molecule has 0 unspecified atom stereocenters. The third-order valence-electron chi connectivity index (χ3n) is 3.59. The summed E-state index contributed by atoms with van der Waals surface area (Å²) in [7, 11) is 0. The standard InChI is InChI=1S/C13H14Cl2N2O3/c1-13(4-2-3-5-13)16-12(18)9-6-8(17(19)20)7-10(14)11(9)15/h6-7H,2-5H2,1H3,(H,16,18). The van der Waals surface area contributed by atoms with Crippen LogP contribution in [0.15, 0.2) is 12.1 Å². The van der Waals surface area contributed by atoms with Gasteiger partial charge in [0.15, 0.2) is 0 Å². The van der Waals surface area contributed by atoms with Crippen molar-refractivity contribution in [3.05, 3.63) is 37.9 Å². The number of nitro groups is 1. The van der Waals surface area contributed by atoms with Crippen molar-refractivity contribution in [2.24, 2.45) is 0 Å². The average molecular weight is 317 g/mol. The molecule has 1 N–H and O–H groups in total. The van der Waals surface area contributed by atoms with Gasteiger partial charge in [0.25, 0.3) is 11.6 Å². The maximum absolute atomic E-state index is 12.3. The van der Waals surface area contributed by atoms with E-state index in [1.807, 2.05) is 6.92 Å². The molecule has 1 saturated carbocycles. The number of benzene rings is 1. The van der Waals surface area contributed by atoms with E-state index in [9.17, 15) is 14.9 Å². The highest BCUT2D eigenvalue weighted by Crippen LogP contribution is 2.33. The maximum Gasteiger partial charge on any atom is 0.271 e. The lowest BCUT2D eigenvalue weighted by molar-refractivity contribution is -0.384. The number of carbonyl (C=O) groups is 1. The Bertz CT molecular complexity index is 569. The largest absolute Gasteiger partial charge is 0.347 e. The number of nitro benzene ring substituents is 1. The van der Waals surface area contributed by atoms with Crippen molar-refractivity contribution in [2.75, 3.05) is 0 Å². The molecule has 0 heterocycles. The van der Waals surface area contributed by atoms with Gasteiger partial charge in [0.2, 0.25) is 0 Å². The van der Waals surface area contributed by atoms with Gasteiger partial charge >= 0.3 is 0 Å². The monoisotopic (exact) mass is 316 g/mol. The fourth-order valence-electron chi connectivity index (χ4n) is 2.47. The van der Waals surface area contributed by atoms with Gasteiger partial charge in [-0.25, -0.2) is 0 Å². The Morgan fingerprint density at radius 1 is 1.35 bits per heavy atom. The van der Waals surface area contributed by atoms with E-state index in [0.29, 0.717) is 0 Å². The van der Waals surface area contributed by atoms with Crippen LogP contribution in [0.4, 0.5) is 5.69 Å². The summed E-state index contributed by atoms with van der Waals surface area (Å²) >= 11 is 11.8. The third-order valence-corrected chi connectivity index (χ3v) is 4.39. The van der Waals surface area contributed by atoms with Gasteiger partial charge in [-0.05, 0) is 19.8 Å². The lowest BCUT2D eigenvalue weighted by Crippen LogP contribution is -2.43. The van der Waals surface area contributed by atoms with Gasteiger partial charge in [-0.3, -0.25) is 14.9 Å². The normalized spacial score (nSPS) is 16.9. The van der Waals surface area contributed by atoms with Gasteiger partial charge in [0, 0.05) is 17.7 Å². The number of non-ortho nitro benzene ring substituents is 1. The van der Waals surface area contributed by atoms with E-state index in [1.54, 1.807) is 0 Å². The van der Waals surface area contributed by atoms with E-state index in [0.717, 1.165) is 37.8 Å². The summed E-state index contributed by atoms with van der Waals surface area (Å²) in [6, 6.07) is 2.29. The molecule has 0 saturated heterocycles. The molecule has 1 aliphatic rings. The first-order valence-corrected chi connectivity index (χ1v) is 7.04. The lowest BCUT2D eigenvalue weighted by Gasteiger charge is -2.25. The number of halogens is 2. The molecule has 1 aromatic carbocycles. The molecule has 0 radical (unpaired) electrons. The zero-order valence-electron chi connectivity index (χ0n) is 10.9. The molecule has 0 bridgehead atoms. The predicted octanol–water partition coefficient (Wildman–Crippen LogP) is 3.96. The molecule has 20 heavy (non-hydrogen) atoms. The van der Waals surface area contributed by atoms with Crippen molar-refractivity contribution in [3.63, 3.8) is 0 Å². The Balaban J connectivity index is 2.31. The first kappa shape index (κ1) is 15.1. The van der Waals surface area contributed by atoms with Crippen LogP contribution in [0.3, 0.4) is 0 Å². The fourth-order valence-corrected chi connectivity index (χ4v) is 2.88. The van der Waals surface area contributed by atoms with Gasteiger partial charge < -0.3 is 5.32 Å². The first-order valence-electron chi connectivity index (χ1n) is 6.28. The van der Waals surface area contributed by atoms with E-state index in [-0.39, 0.29) is 26.8 Å². The van der Waals surface area contributed by atoms with Crippen LogP contribution >= 0.6 is 23.2 Å². The lowest BCUT2D eigenvalue weighted by atomic mass is 10.00. The SMILES string of the molecule is CC1(NC(=O)c2cc([N+](=O)[O-])cc(Cl)c2Cl)CCCC1. The van der Waals surface area contributed by atoms with Crippen molar-refractivity contribution in [3.8, 4) is 0 Å². The molecule has 0 aromatic heterocycles. The van der Waals surface area contributed by atoms with Crippen LogP contribution < -0.4 is 5.32 Å². The summed E-state index contributed by atoms with van der Waals surface area (Å²) in [6.07, 6.45) is 3.89. The molecule has 1 fully saturated rings. The molecule has 0 spiro atoms. The summed E-state index contributed by atoms with van der Waals surface area (Å²) in [5.74, 6) is -0.426. The highest BCUT2D eigenvalue weighted by atomic mass is 35.5. The van der Waals surface area contributed by atoms with Crippen LogP contribution in [0.2, 0.25) is 10.0 Å². The van der Waals surface area contributed by atoms with E-state index >= 15 is 0 Å². The summed E-state index contributed by atoms with van der Waals surface area (Å²) < 4.78 is 0. The number of nitrogens with one attached hydrogen (secondary N) is 1. The van der Waals surface area contributed by atoms with E-state index < -0.39 is 10.8 Å². The van der Waals surface area contributed by atoms with Crippen LogP contribution in [0.25, 0.3) is 0 Å². The number of hydrogen-bond donors (Lipinski definition) is 1. The highest BCUT2D eigenvalue weighted by Gasteiger charge is 2.31. The Morgan fingerprint density at radius 2 is 1.95 bits per heavy atom. The fraction of sp³-hybridized carbons (Fsp3) is 0.462. The molecule has 5 nitrogen and oxygen atoms in total. The molecule has 7 heteroatoms. The third kappa shape index (κ3) is 3.04. The molecule has 108 valence electrons. The smallest absolute Gasteiger partial charge is 0.271 e. The van der Waals surface area contributed by atoms with Crippen LogP contribution in [0, 0.1) is 10.1 Å². The number of hydrogen-bond acceptors (Lipinski definition) is 3. The second-order valence-electron chi connectivity index (χ2n) is 5.27. The minimum atomic E-state index is -0.601. The maximum atomic E-state index is 12.3. The Morgan fingerprint density at radius 3 is 2.50 bits per heavy atom. The van der Waals surface area contributed by atoms with Crippen molar-refractivity contribution in [1.82, 2.24) is 5.32 Å². The van der Waals surface area contributed by atoms with Gasteiger partial charge in [-0.15, -0.1) is 0 Å². The minimum absolute atomic E-state index is 0.00240. The van der Waals surface area contributed by atoms with Gasteiger partial charge in [-0.1, -0.05) is 36.0 Å².